The molecule has 2 aromatic rings. The van der Waals surface area contributed by atoms with Crippen LogP contribution in [-0.2, 0) is 0 Å². The van der Waals surface area contributed by atoms with Crippen LogP contribution in [-0.4, -0.2) is 10.2 Å². The van der Waals surface area contributed by atoms with E-state index in [2.05, 4.69) is 0 Å². The lowest BCUT2D eigenvalue weighted by molar-refractivity contribution is 0.0164. The van der Waals surface area contributed by atoms with E-state index in [0.717, 1.165) is 33.4 Å². The summed E-state index contributed by atoms with van der Waals surface area (Å²) in [5.74, 6) is 0. The first-order valence-corrected chi connectivity index (χ1v) is 6.92. The number of hydrogen-bond donors (Lipinski definition) is 2. The highest BCUT2D eigenvalue weighted by Gasteiger charge is 2.23. The molecule has 0 fully saturated rings. The molecule has 0 spiro atoms. The van der Waals surface area contributed by atoms with Gasteiger partial charge >= 0.3 is 0 Å². The SMILES string of the molecule is Cc1cccc(C(O)C(O)c2cccc(C)c2C)c1C. The van der Waals surface area contributed by atoms with E-state index >= 15 is 0 Å². The summed E-state index contributed by atoms with van der Waals surface area (Å²) in [5, 5.41) is 21.0. The summed E-state index contributed by atoms with van der Waals surface area (Å²) in [6.45, 7) is 7.97. The van der Waals surface area contributed by atoms with Gasteiger partial charge in [-0.15, -0.1) is 0 Å². The van der Waals surface area contributed by atoms with Crippen LogP contribution >= 0.6 is 0 Å². The fourth-order valence-electron chi connectivity index (χ4n) is 2.53. The minimum atomic E-state index is -0.907. The van der Waals surface area contributed by atoms with E-state index in [1.54, 1.807) is 0 Å². The summed E-state index contributed by atoms with van der Waals surface area (Å²) >= 11 is 0. The molecule has 2 heteroatoms. The minimum absolute atomic E-state index is 0.790. The second kappa shape index (κ2) is 5.78. The fourth-order valence-corrected chi connectivity index (χ4v) is 2.53. The Morgan fingerprint density at radius 1 is 0.650 bits per heavy atom. The number of benzene rings is 2. The molecule has 106 valence electrons. The first-order valence-electron chi connectivity index (χ1n) is 6.92. The van der Waals surface area contributed by atoms with Gasteiger partial charge in [-0.05, 0) is 61.1 Å². The molecule has 0 aliphatic heterocycles. The summed E-state index contributed by atoms with van der Waals surface area (Å²) < 4.78 is 0. The number of aliphatic hydroxyl groups excluding tert-OH is 2. The summed E-state index contributed by atoms with van der Waals surface area (Å²) in [6, 6.07) is 11.6. The Kier molecular flexibility index (Phi) is 4.26. The van der Waals surface area contributed by atoms with Crippen molar-refractivity contribution in [2.45, 2.75) is 39.9 Å². The van der Waals surface area contributed by atoms with Gasteiger partial charge in [0.15, 0.2) is 0 Å². The quantitative estimate of drug-likeness (QED) is 0.893. The van der Waals surface area contributed by atoms with Gasteiger partial charge in [0.1, 0.15) is 12.2 Å². The molecule has 0 aromatic heterocycles. The lowest BCUT2D eigenvalue weighted by atomic mass is 9.90. The van der Waals surface area contributed by atoms with Crippen molar-refractivity contribution in [3.63, 3.8) is 0 Å². The van der Waals surface area contributed by atoms with Crippen molar-refractivity contribution in [3.05, 3.63) is 69.8 Å². The molecule has 2 nitrogen and oxygen atoms in total. The Labute approximate surface area is 120 Å². The van der Waals surface area contributed by atoms with E-state index in [4.69, 9.17) is 0 Å². The molecule has 0 aliphatic carbocycles. The molecule has 0 aliphatic rings. The van der Waals surface area contributed by atoms with Crippen LogP contribution in [0.4, 0.5) is 0 Å². The van der Waals surface area contributed by atoms with Crippen LogP contribution in [0.3, 0.4) is 0 Å². The van der Waals surface area contributed by atoms with E-state index in [1.807, 2.05) is 64.1 Å². The zero-order valence-corrected chi connectivity index (χ0v) is 12.5. The Morgan fingerprint density at radius 3 is 1.35 bits per heavy atom. The first-order chi connectivity index (χ1) is 9.43. The van der Waals surface area contributed by atoms with Crippen LogP contribution in [0, 0.1) is 27.7 Å². The molecule has 0 bridgehead atoms. The molecule has 0 saturated carbocycles. The molecule has 0 amide bonds. The largest absolute Gasteiger partial charge is 0.385 e. The molecule has 0 heterocycles. The third-order valence-electron chi connectivity index (χ3n) is 4.23. The molecular formula is C18H22O2. The Morgan fingerprint density at radius 2 is 1.00 bits per heavy atom. The van der Waals surface area contributed by atoms with Gasteiger partial charge < -0.3 is 10.2 Å². The second-order valence-electron chi connectivity index (χ2n) is 5.47. The number of aliphatic hydroxyl groups is 2. The van der Waals surface area contributed by atoms with E-state index in [0.29, 0.717) is 0 Å². The minimum Gasteiger partial charge on any atom is -0.385 e. The van der Waals surface area contributed by atoms with Crippen molar-refractivity contribution < 1.29 is 10.2 Å². The Bertz CT molecular complexity index is 561. The maximum Gasteiger partial charge on any atom is 0.109 e. The lowest BCUT2D eigenvalue weighted by Gasteiger charge is -2.23. The summed E-state index contributed by atoms with van der Waals surface area (Å²) in [7, 11) is 0. The predicted octanol–water partition coefficient (Wildman–Crippen LogP) is 3.69. The lowest BCUT2D eigenvalue weighted by Crippen LogP contribution is -2.13. The second-order valence-corrected chi connectivity index (χ2v) is 5.47. The third kappa shape index (κ3) is 2.62. The molecule has 0 saturated heterocycles. The summed E-state index contributed by atoms with van der Waals surface area (Å²) in [4.78, 5) is 0. The zero-order chi connectivity index (χ0) is 14.9. The fraction of sp³-hybridized carbons (Fsp3) is 0.333. The Hall–Kier alpha value is -1.64. The standard InChI is InChI=1S/C18H22O2/c1-11-7-5-9-15(13(11)3)17(19)18(20)16-10-6-8-12(2)14(16)4/h5-10,17-20H,1-4H3. The number of aryl methyl sites for hydroxylation is 2. The van der Waals surface area contributed by atoms with Crippen molar-refractivity contribution in [2.24, 2.45) is 0 Å². The van der Waals surface area contributed by atoms with Gasteiger partial charge in [0.25, 0.3) is 0 Å². The highest BCUT2D eigenvalue weighted by molar-refractivity contribution is 5.39. The predicted molar refractivity (Wildman–Crippen MR) is 81.8 cm³/mol. The summed E-state index contributed by atoms with van der Waals surface area (Å²) in [6.07, 6.45) is -1.81. The zero-order valence-electron chi connectivity index (χ0n) is 12.5. The van der Waals surface area contributed by atoms with E-state index in [9.17, 15) is 10.2 Å². The third-order valence-corrected chi connectivity index (χ3v) is 4.23. The monoisotopic (exact) mass is 270 g/mol. The molecule has 2 N–H and O–H groups in total. The highest BCUT2D eigenvalue weighted by atomic mass is 16.3. The maximum atomic E-state index is 10.5. The van der Waals surface area contributed by atoms with Crippen molar-refractivity contribution in [1.82, 2.24) is 0 Å². The molecule has 2 rings (SSSR count). The normalized spacial score (nSPS) is 14.1. The molecule has 2 aromatic carbocycles. The first kappa shape index (κ1) is 14.8. The molecule has 2 unspecified atom stereocenters. The van der Waals surface area contributed by atoms with Crippen molar-refractivity contribution in [3.8, 4) is 0 Å². The van der Waals surface area contributed by atoms with Gasteiger partial charge in [-0.3, -0.25) is 0 Å². The van der Waals surface area contributed by atoms with Gasteiger partial charge in [0.2, 0.25) is 0 Å². The molecule has 0 radical (unpaired) electrons. The van der Waals surface area contributed by atoms with Crippen molar-refractivity contribution in [2.75, 3.05) is 0 Å². The number of rotatable bonds is 3. The average Bonchev–Trinajstić information content (AvgIpc) is 2.43. The van der Waals surface area contributed by atoms with Crippen LogP contribution in [0.2, 0.25) is 0 Å². The van der Waals surface area contributed by atoms with Gasteiger partial charge in [-0.25, -0.2) is 0 Å². The van der Waals surface area contributed by atoms with Gasteiger partial charge in [0, 0.05) is 0 Å². The van der Waals surface area contributed by atoms with E-state index in [-0.39, 0.29) is 0 Å². The van der Waals surface area contributed by atoms with Crippen molar-refractivity contribution >= 4 is 0 Å². The summed E-state index contributed by atoms with van der Waals surface area (Å²) in [5.41, 5.74) is 5.88. The topological polar surface area (TPSA) is 40.5 Å². The van der Waals surface area contributed by atoms with Gasteiger partial charge in [-0.2, -0.15) is 0 Å². The van der Waals surface area contributed by atoms with Crippen LogP contribution in [0.15, 0.2) is 36.4 Å². The smallest absolute Gasteiger partial charge is 0.109 e. The van der Waals surface area contributed by atoms with Crippen LogP contribution in [0.5, 0.6) is 0 Å². The van der Waals surface area contributed by atoms with Crippen LogP contribution in [0.1, 0.15) is 45.6 Å². The van der Waals surface area contributed by atoms with Crippen LogP contribution in [0.25, 0.3) is 0 Å². The maximum absolute atomic E-state index is 10.5. The van der Waals surface area contributed by atoms with E-state index in [1.165, 1.54) is 0 Å². The van der Waals surface area contributed by atoms with E-state index < -0.39 is 12.2 Å². The number of hydrogen-bond acceptors (Lipinski definition) is 2. The molecule has 2 atom stereocenters. The average molecular weight is 270 g/mol. The molecule has 20 heavy (non-hydrogen) atoms. The van der Waals surface area contributed by atoms with Gasteiger partial charge in [-0.1, -0.05) is 36.4 Å². The Balaban J connectivity index is 2.40. The van der Waals surface area contributed by atoms with Crippen LogP contribution < -0.4 is 0 Å². The van der Waals surface area contributed by atoms with Gasteiger partial charge in [0.05, 0.1) is 0 Å². The molecular weight excluding hydrogens is 248 g/mol. The highest BCUT2D eigenvalue weighted by Crippen LogP contribution is 2.33. The van der Waals surface area contributed by atoms with Crippen molar-refractivity contribution in [1.29, 1.82) is 0 Å².